The number of nitrogens with one attached hydrogen (secondary N) is 1. The van der Waals surface area contributed by atoms with E-state index in [9.17, 15) is 9.59 Å². The van der Waals surface area contributed by atoms with Crippen molar-refractivity contribution in [3.05, 3.63) is 0 Å². The first kappa shape index (κ1) is 13.0. The van der Waals surface area contributed by atoms with E-state index in [1.54, 1.807) is 11.9 Å². The fraction of sp³-hybridized carbons (Fsp3) is 0.818. The van der Waals surface area contributed by atoms with Crippen LogP contribution in [0, 0.1) is 5.92 Å². The Morgan fingerprint density at radius 3 is 2.56 bits per heavy atom. The van der Waals surface area contributed by atoms with Crippen LogP contribution in [0.15, 0.2) is 0 Å². The third-order valence-electron chi connectivity index (χ3n) is 3.09. The van der Waals surface area contributed by atoms with Crippen molar-refractivity contribution >= 4 is 11.8 Å². The van der Waals surface area contributed by atoms with E-state index in [1.165, 1.54) is 0 Å². The van der Waals surface area contributed by atoms with Gasteiger partial charge in [-0.2, -0.15) is 0 Å². The van der Waals surface area contributed by atoms with Crippen molar-refractivity contribution < 1.29 is 9.59 Å². The number of likely N-dealkylation sites (N-methyl/N-ethyl adjacent to an activating group) is 1. The quantitative estimate of drug-likeness (QED) is 0.695. The summed E-state index contributed by atoms with van der Waals surface area (Å²) in [6.45, 7) is 4.46. The molecule has 92 valence electrons. The van der Waals surface area contributed by atoms with Crippen LogP contribution in [-0.2, 0) is 9.59 Å². The van der Waals surface area contributed by atoms with E-state index in [0.717, 1.165) is 12.8 Å². The summed E-state index contributed by atoms with van der Waals surface area (Å²) in [7, 11) is 1.59. The summed E-state index contributed by atoms with van der Waals surface area (Å²) in [5.41, 5.74) is 5.82. The summed E-state index contributed by atoms with van der Waals surface area (Å²) in [6, 6.07) is -0.840. The van der Waals surface area contributed by atoms with Crippen molar-refractivity contribution in [2.24, 2.45) is 11.7 Å². The number of likely N-dealkylation sites (tertiary alicyclic amines) is 1. The van der Waals surface area contributed by atoms with Crippen molar-refractivity contribution in [1.29, 1.82) is 0 Å². The minimum absolute atomic E-state index is 0.0955. The van der Waals surface area contributed by atoms with E-state index in [1.807, 2.05) is 13.8 Å². The Labute approximate surface area is 96.4 Å². The van der Waals surface area contributed by atoms with Gasteiger partial charge in [-0.1, -0.05) is 13.8 Å². The maximum atomic E-state index is 12.0. The molecule has 0 spiro atoms. The SMILES string of the molecule is CNC(=O)C1CCCN1C(=O)[C@H](N)C(C)C. The average molecular weight is 227 g/mol. The number of nitrogens with zero attached hydrogens (tertiary/aromatic N) is 1. The van der Waals surface area contributed by atoms with Gasteiger partial charge in [-0.3, -0.25) is 9.59 Å². The Morgan fingerprint density at radius 1 is 1.44 bits per heavy atom. The van der Waals surface area contributed by atoms with Gasteiger partial charge in [0.1, 0.15) is 6.04 Å². The van der Waals surface area contributed by atoms with Crippen LogP contribution in [0.25, 0.3) is 0 Å². The number of hydrogen-bond acceptors (Lipinski definition) is 3. The molecule has 3 N–H and O–H groups in total. The summed E-state index contributed by atoms with van der Waals surface area (Å²) in [4.78, 5) is 25.2. The van der Waals surface area contributed by atoms with Crippen LogP contribution >= 0.6 is 0 Å². The molecule has 1 fully saturated rings. The maximum Gasteiger partial charge on any atom is 0.242 e. The number of rotatable bonds is 3. The third kappa shape index (κ3) is 2.52. The summed E-state index contributed by atoms with van der Waals surface area (Å²) >= 11 is 0. The summed E-state index contributed by atoms with van der Waals surface area (Å²) in [6.07, 6.45) is 1.60. The standard InChI is InChI=1S/C11H21N3O2/c1-7(2)9(12)11(16)14-6-4-5-8(14)10(15)13-3/h7-9H,4-6,12H2,1-3H3,(H,13,15)/t8?,9-/m1/s1. The highest BCUT2D eigenvalue weighted by Gasteiger charge is 2.36. The van der Waals surface area contributed by atoms with Crippen molar-refractivity contribution in [2.45, 2.75) is 38.8 Å². The number of carbonyl (C=O) groups is 2. The zero-order valence-electron chi connectivity index (χ0n) is 10.2. The molecule has 0 aliphatic carbocycles. The molecule has 1 aliphatic heterocycles. The van der Waals surface area contributed by atoms with Crippen molar-refractivity contribution in [2.75, 3.05) is 13.6 Å². The Kier molecular flexibility index (Phi) is 4.29. The number of nitrogens with two attached hydrogens (primary N) is 1. The highest BCUT2D eigenvalue weighted by atomic mass is 16.2. The molecule has 0 radical (unpaired) electrons. The molecule has 5 nitrogen and oxygen atoms in total. The van der Waals surface area contributed by atoms with E-state index in [2.05, 4.69) is 5.32 Å². The molecule has 1 rings (SSSR count). The molecule has 1 unspecified atom stereocenters. The van der Waals surface area contributed by atoms with Crippen LogP contribution in [0.2, 0.25) is 0 Å². The molecule has 16 heavy (non-hydrogen) atoms. The van der Waals surface area contributed by atoms with E-state index in [4.69, 9.17) is 5.73 Å². The monoisotopic (exact) mass is 227 g/mol. The third-order valence-corrected chi connectivity index (χ3v) is 3.09. The summed E-state index contributed by atoms with van der Waals surface area (Å²) < 4.78 is 0. The number of hydrogen-bond donors (Lipinski definition) is 2. The fourth-order valence-electron chi connectivity index (χ4n) is 1.95. The highest BCUT2D eigenvalue weighted by molar-refractivity contribution is 5.90. The molecule has 0 saturated carbocycles. The molecular weight excluding hydrogens is 206 g/mol. The Morgan fingerprint density at radius 2 is 2.06 bits per heavy atom. The van der Waals surface area contributed by atoms with Crippen LogP contribution in [0.1, 0.15) is 26.7 Å². The lowest BCUT2D eigenvalue weighted by molar-refractivity contribution is -0.139. The van der Waals surface area contributed by atoms with Crippen molar-refractivity contribution in [3.8, 4) is 0 Å². The zero-order valence-corrected chi connectivity index (χ0v) is 10.2. The highest BCUT2D eigenvalue weighted by Crippen LogP contribution is 2.19. The van der Waals surface area contributed by atoms with Crippen LogP contribution in [0.3, 0.4) is 0 Å². The van der Waals surface area contributed by atoms with Crippen molar-refractivity contribution in [1.82, 2.24) is 10.2 Å². The smallest absolute Gasteiger partial charge is 0.242 e. The van der Waals surface area contributed by atoms with Gasteiger partial charge in [0, 0.05) is 13.6 Å². The first-order valence-corrected chi connectivity index (χ1v) is 5.76. The molecule has 0 aromatic rings. The van der Waals surface area contributed by atoms with Crippen LogP contribution in [0.4, 0.5) is 0 Å². The van der Waals surface area contributed by atoms with Crippen LogP contribution in [0.5, 0.6) is 0 Å². The summed E-state index contributed by atoms with van der Waals surface area (Å²) in [5.74, 6) is -0.110. The fourth-order valence-corrected chi connectivity index (χ4v) is 1.95. The molecule has 0 aromatic heterocycles. The molecule has 1 saturated heterocycles. The maximum absolute atomic E-state index is 12.0. The Hall–Kier alpha value is -1.10. The van der Waals surface area contributed by atoms with E-state index in [0.29, 0.717) is 6.54 Å². The van der Waals surface area contributed by atoms with Gasteiger partial charge in [-0.05, 0) is 18.8 Å². The van der Waals surface area contributed by atoms with Gasteiger partial charge in [0.15, 0.2) is 0 Å². The molecular formula is C11H21N3O2. The molecule has 0 aromatic carbocycles. The molecule has 2 amide bonds. The first-order valence-electron chi connectivity index (χ1n) is 5.76. The van der Waals surface area contributed by atoms with E-state index < -0.39 is 6.04 Å². The molecule has 2 atom stereocenters. The van der Waals surface area contributed by atoms with E-state index >= 15 is 0 Å². The van der Waals surface area contributed by atoms with E-state index in [-0.39, 0.29) is 23.8 Å². The second kappa shape index (κ2) is 5.30. The molecule has 1 heterocycles. The largest absolute Gasteiger partial charge is 0.357 e. The summed E-state index contributed by atoms with van der Waals surface area (Å²) in [5, 5.41) is 2.59. The second-order valence-electron chi connectivity index (χ2n) is 4.57. The predicted octanol–water partition coefficient (Wildman–Crippen LogP) is -0.293. The molecule has 1 aliphatic rings. The lowest BCUT2D eigenvalue weighted by atomic mass is 10.0. The molecule has 0 bridgehead atoms. The topological polar surface area (TPSA) is 75.4 Å². The van der Waals surface area contributed by atoms with Gasteiger partial charge >= 0.3 is 0 Å². The van der Waals surface area contributed by atoms with Crippen LogP contribution < -0.4 is 11.1 Å². The van der Waals surface area contributed by atoms with Gasteiger partial charge in [0.05, 0.1) is 6.04 Å². The lowest BCUT2D eigenvalue weighted by Crippen LogP contribution is -2.52. The molecule has 5 heteroatoms. The minimum Gasteiger partial charge on any atom is -0.357 e. The lowest BCUT2D eigenvalue weighted by Gasteiger charge is -2.27. The Balaban J connectivity index is 2.71. The minimum atomic E-state index is -0.509. The van der Waals surface area contributed by atoms with Crippen molar-refractivity contribution in [3.63, 3.8) is 0 Å². The van der Waals surface area contributed by atoms with Crippen LogP contribution in [-0.4, -0.2) is 42.4 Å². The number of amides is 2. The Bertz CT molecular complexity index is 278. The second-order valence-corrected chi connectivity index (χ2v) is 4.57. The van der Waals surface area contributed by atoms with Gasteiger partial charge < -0.3 is 16.0 Å². The zero-order chi connectivity index (χ0) is 12.3. The normalized spacial score (nSPS) is 22.3. The van der Waals surface area contributed by atoms with Gasteiger partial charge in [0.2, 0.25) is 11.8 Å². The number of carbonyl (C=O) groups excluding carboxylic acids is 2. The predicted molar refractivity (Wildman–Crippen MR) is 61.6 cm³/mol. The average Bonchev–Trinajstić information content (AvgIpc) is 2.74. The van der Waals surface area contributed by atoms with Gasteiger partial charge in [0.25, 0.3) is 0 Å². The van der Waals surface area contributed by atoms with Gasteiger partial charge in [-0.15, -0.1) is 0 Å². The first-order chi connectivity index (χ1) is 7.49. The van der Waals surface area contributed by atoms with Gasteiger partial charge in [-0.25, -0.2) is 0 Å².